The Hall–Kier alpha value is -5.11. The second-order valence-corrected chi connectivity index (χ2v) is 11.1. The summed E-state index contributed by atoms with van der Waals surface area (Å²) in [6.07, 6.45) is 7.65. The smallest absolute Gasteiger partial charge is 0.307 e. The number of rotatable bonds is 10. The van der Waals surface area contributed by atoms with Crippen LogP contribution >= 0.6 is 0 Å². The zero-order chi connectivity index (χ0) is 31.0. The van der Waals surface area contributed by atoms with Gasteiger partial charge in [-0.15, -0.1) is 0 Å². The van der Waals surface area contributed by atoms with Crippen LogP contribution in [0, 0.1) is 32.1 Å². The molecule has 1 N–H and O–H groups in total. The van der Waals surface area contributed by atoms with Gasteiger partial charge in [-0.3, -0.25) is 34.4 Å². The molecule has 2 aliphatic rings. The number of aromatic nitrogens is 4. The Morgan fingerprint density at radius 2 is 1.27 bits per heavy atom. The van der Waals surface area contributed by atoms with Crippen molar-refractivity contribution in [3.63, 3.8) is 0 Å². The number of carbonyl (C=O) groups is 1. The molecule has 4 unspecified atom stereocenters. The number of fused-ring (bicyclic) bond motifs is 2. The van der Waals surface area contributed by atoms with Gasteiger partial charge in [-0.25, -0.2) is 0 Å². The first kappa shape index (κ1) is 29.0. The van der Waals surface area contributed by atoms with E-state index in [2.05, 4.69) is 15.5 Å². The molecule has 4 aromatic rings. The van der Waals surface area contributed by atoms with Gasteiger partial charge in [0.2, 0.25) is 0 Å². The van der Waals surface area contributed by atoms with Crippen molar-refractivity contribution in [1.82, 2.24) is 24.9 Å². The lowest BCUT2D eigenvalue weighted by atomic mass is 9.67. The van der Waals surface area contributed by atoms with Crippen LogP contribution in [-0.2, 0) is 17.9 Å². The quantitative estimate of drug-likeness (QED) is 0.203. The van der Waals surface area contributed by atoms with E-state index < -0.39 is 9.85 Å². The van der Waals surface area contributed by atoms with Gasteiger partial charge in [0.05, 0.1) is 37.2 Å². The third-order valence-corrected chi connectivity index (χ3v) is 8.58. The number of carbonyl (C=O) groups excluding carboxylic acids is 1. The van der Waals surface area contributed by atoms with Crippen LogP contribution in [0.4, 0.5) is 11.4 Å². The third-order valence-electron chi connectivity index (χ3n) is 8.58. The van der Waals surface area contributed by atoms with Gasteiger partial charge in [0.1, 0.15) is 42.1 Å². The topological polar surface area (TPSA) is 169 Å². The van der Waals surface area contributed by atoms with Crippen molar-refractivity contribution in [3.8, 4) is 11.5 Å². The van der Waals surface area contributed by atoms with Gasteiger partial charge >= 0.3 is 11.4 Å². The highest BCUT2D eigenvalue weighted by molar-refractivity contribution is 5.87. The summed E-state index contributed by atoms with van der Waals surface area (Å²) < 4.78 is 14.2. The maximum Gasteiger partial charge on any atom is 0.307 e. The molecule has 1 saturated heterocycles. The summed E-state index contributed by atoms with van der Waals surface area (Å²) in [4.78, 5) is 35.2. The highest BCUT2D eigenvalue weighted by Crippen LogP contribution is 2.46. The number of nitro groups is 2. The highest BCUT2D eigenvalue weighted by Gasteiger charge is 2.46. The molecule has 2 bridgehead atoms. The predicted molar refractivity (Wildman–Crippen MR) is 156 cm³/mol. The zero-order valence-electron chi connectivity index (χ0n) is 24.2. The first-order valence-corrected chi connectivity index (χ1v) is 14.2. The number of hydrogen-bond donors (Lipinski definition) is 1. The first-order valence-electron chi connectivity index (χ1n) is 14.2. The van der Waals surface area contributed by atoms with E-state index in [0.717, 1.165) is 41.5 Å². The number of nitrogens with zero attached hydrogens (tertiary/aromatic N) is 6. The summed E-state index contributed by atoms with van der Waals surface area (Å²) in [5.74, 6) is 1.07. The Labute approximate surface area is 251 Å². The molecule has 14 heteroatoms. The first-order chi connectivity index (χ1) is 21.2. The van der Waals surface area contributed by atoms with Crippen LogP contribution in [0.3, 0.4) is 0 Å². The molecule has 1 aliphatic heterocycles. The zero-order valence-corrected chi connectivity index (χ0v) is 24.2. The average molecular weight is 602 g/mol. The monoisotopic (exact) mass is 601 g/mol. The SMILES string of the molecule is COc1ccc(C2NC(c3ccc(OC)c(Cn4cc([N+](=O)[O-])cn4)c3)C3CCCC2C3=O)cc1Cn1cc([N+](=O)[O-])cn1. The number of Topliss-reactive ketones (excluding diaryl/α,β-unsaturated/α-hetero) is 1. The molecule has 44 heavy (non-hydrogen) atoms. The van der Waals surface area contributed by atoms with Crippen LogP contribution in [0.5, 0.6) is 11.5 Å². The Morgan fingerprint density at radius 1 is 0.818 bits per heavy atom. The van der Waals surface area contributed by atoms with Crippen LogP contribution in [0.25, 0.3) is 0 Å². The second kappa shape index (κ2) is 11.9. The minimum atomic E-state index is -0.488. The number of piperidine rings is 1. The lowest BCUT2D eigenvalue weighted by Crippen LogP contribution is -2.50. The molecule has 0 radical (unpaired) electrons. The van der Waals surface area contributed by atoms with Crippen molar-refractivity contribution in [2.75, 3.05) is 14.2 Å². The van der Waals surface area contributed by atoms with E-state index in [1.807, 2.05) is 36.4 Å². The summed E-state index contributed by atoms with van der Waals surface area (Å²) in [5.41, 5.74) is 3.21. The van der Waals surface area contributed by atoms with Gasteiger partial charge in [0.15, 0.2) is 0 Å². The largest absolute Gasteiger partial charge is 0.496 e. The number of hydrogen-bond acceptors (Lipinski definition) is 10. The van der Waals surface area contributed by atoms with Crippen LogP contribution in [0.2, 0.25) is 0 Å². The van der Waals surface area contributed by atoms with E-state index in [4.69, 9.17) is 9.47 Å². The lowest BCUT2D eigenvalue weighted by Gasteiger charge is -2.45. The number of ether oxygens (including phenoxy) is 2. The Kier molecular flexibility index (Phi) is 7.82. The average Bonchev–Trinajstić information content (AvgIpc) is 3.68. The van der Waals surface area contributed by atoms with Crippen molar-refractivity contribution < 1.29 is 24.1 Å². The van der Waals surface area contributed by atoms with E-state index in [1.165, 1.54) is 34.2 Å². The number of ketones is 1. The van der Waals surface area contributed by atoms with Crippen molar-refractivity contribution in [2.24, 2.45) is 11.8 Å². The van der Waals surface area contributed by atoms with E-state index in [1.54, 1.807) is 14.2 Å². The van der Waals surface area contributed by atoms with Crippen molar-refractivity contribution in [1.29, 1.82) is 0 Å². The van der Waals surface area contributed by atoms with Gasteiger partial charge < -0.3 is 14.8 Å². The molecular formula is C30H31N7O7. The Morgan fingerprint density at radius 3 is 1.66 bits per heavy atom. The normalized spacial score (nSPS) is 21.2. The maximum absolute atomic E-state index is 13.9. The lowest BCUT2D eigenvalue weighted by molar-refractivity contribution is -0.385. The molecule has 1 aliphatic carbocycles. The molecule has 4 atom stereocenters. The summed E-state index contributed by atoms with van der Waals surface area (Å²) in [5, 5.41) is 34.4. The van der Waals surface area contributed by atoms with E-state index in [0.29, 0.717) is 11.5 Å². The van der Waals surface area contributed by atoms with E-state index in [-0.39, 0.29) is 54.2 Å². The van der Waals surface area contributed by atoms with Gasteiger partial charge in [0, 0.05) is 35.0 Å². The molecular weight excluding hydrogens is 570 g/mol. The predicted octanol–water partition coefficient (Wildman–Crippen LogP) is 4.38. The number of benzene rings is 2. The minimum absolute atomic E-state index is 0.0969. The standard InChI is InChI=1S/C30H31N7O7/c1-43-26-8-6-18(10-20(26)14-34-16-22(12-31-34)36(39)40)28-24-4-3-5-25(30(24)38)29(33-28)19-7-9-27(44-2)21(11-19)15-35-17-23(13-32-35)37(41)42/h6-13,16-17,24-25,28-29,33H,3-5,14-15H2,1-2H3. The molecule has 2 aromatic heterocycles. The number of nitrogens with one attached hydrogen (secondary N) is 1. The van der Waals surface area contributed by atoms with Crippen LogP contribution in [0.15, 0.2) is 61.2 Å². The second-order valence-electron chi connectivity index (χ2n) is 11.1. The van der Waals surface area contributed by atoms with Gasteiger partial charge in [-0.2, -0.15) is 10.2 Å². The Balaban J connectivity index is 1.32. The van der Waals surface area contributed by atoms with Crippen molar-refractivity contribution in [3.05, 3.63) is 104 Å². The van der Waals surface area contributed by atoms with Crippen LogP contribution in [-0.4, -0.2) is 49.4 Å². The van der Waals surface area contributed by atoms with E-state index >= 15 is 0 Å². The molecule has 228 valence electrons. The molecule has 6 rings (SSSR count). The van der Waals surface area contributed by atoms with Crippen molar-refractivity contribution in [2.45, 2.75) is 44.4 Å². The fourth-order valence-electron chi connectivity index (χ4n) is 6.51. The summed E-state index contributed by atoms with van der Waals surface area (Å²) in [6.45, 7) is 0.519. The fraction of sp³-hybridized carbons (Fsp3) is 0.367. The highest BCUT2D eigenvalue weighted by atomic mass is 16.6. The minimum Gasteiger partial charge on any atom is -0.496 e. The molecule has 0 spiro atoms. The molecule has 1 saturated carbocycles. The fourth-order valence-corrected chi connectivity index (χ4v) is 6.51. The molecule has 3 heterocycles. The summed E-state index contributed by atoms with van der Waals surface area (Å²) >= 11 is 0. The third kappa shape index (κ3) is 5.51. The van der Waals surface area contributed by atoms with Gasteiger partial charge in [0.25, 0.3) is 0 Å². The Bertz CT molecular complexity index is 1610. The van der Waals surface area contributed by atoms with Crippen molar-refractivity contribution >= 4 is 17.2 Å². The van der Waals surface area contributed by atoms with Gasteiger partial charge in [-0.05, 0) is 48.2 Å². The molecule has 14 nitrogen and oxygen atoms in total. The number of methoxy groups -OCH3 is 2. The maximum atomic E-state index is 13.9. The summed E-state index contributed by atoms with van der Waals surface area (Å²) in [7, 11) is 3.13. The van der Waals surface area contributed by atoms with Gasteiger partial charge in [-0.1, -0.05) is 18.6 Å². The molecule has 2 fully saturated rings. The van der Waals surface area contributed by atoms with Crippen LogP contribution < -0.4 is 14.8 Å². The summed E-state index contributed by atoms with van der Waals surface area (Å²) in [6, 6.07) is 11.0. The van der Waals surface area contributed by atoms with Crippen LogP contribution in [0.1, 0.15) is 53.6 Å². The molecule has 2 aromatic carbocycles. The molecule has 0 amide bonds. The van der Waals surface area contributed by atoms with E-state index in [9.17, 15) is 25.0 Å².